The summed E-state index contributed by atoms with van der Waals surface area (Å²) < 4.78 is 5.60. The van der Waals surface area contributed by atoms with Gasteiger partial charge in [-0.3, -0.25) is 9.59 Å². The number of hydrogen-bond acceptors (Lipinski definition) is 6. The monoisotopic (exact) mass is 475 g/mol. The Morgan fingerprint density at radius 1 is 0.909 bits per heavy atom. The summed E-state index contributed by atoms with van der Waals surface area (Å²) in [5.41, 5.74) is 4.67. The molecule has 0 aliphatic carbocycles. The molecule has 166 valence electrons. The van der Waals surface area contributed by atoms with E-state index in [-0.39, 0.29) is 18.4 Å². The molecule has 0 aliphatic rings. The van der Waals surface area contributed by atoms with Crippen molar-refractivity contribution < 1.29 is 14.3 Å². The van der Waals surface area contributed by atoms with Gasteiger partial charge in [0.15, 0.2) is 6.61 Å². The van der Waals surface area contributed by atoms with Gasteiger partial charge in [0, 0.05) is 33.5 Å². The molecule has 4 aromatic rings. The largest absolute Gasteiger partial charge is 0.484 e. The summed E-state index contributed by atoms with van der Waals surface area (Å²) in [5, 5.41) is 7.68. The van der Waals surface area contributed by atoms with Gasteiger partial charge in [-0.15, -0.1) is 23.1 Å². The maximum atomic E-state index is 12.9. The lowest BCUT2D eigenvalue weighted by atomic mass is 10.2. The highest BCUT2D eigenvalue weighted by Crippen LogP contribution is 2.27. The quantitative estimate of drug-likeness (QED) is 0.303. The summed E-state index contributed by atoms with van der Waals surface area (Å²) in [4.78, 5) is 30.2. The zero-order chi connectivity index (χ0) is 22.9. The third-order valence-electron chi connectivity index (χ3n) is 4.51. The number of nitrogens with zero attached hydrogens (tertiary/aromatic N) is 1. The molecule has 0 aliphatic heterocycles. The van der Waals surface area contributed by atoms with Gasteiger partial charge in [0.05, 0.1) is 16.8 Å². The summed E-state index contributed by atoms with van der Waals surface area (Å²) in [6.07, 6.45) is 0. The Morgan fingerprint density at radius 2 is 1.70 bits per heavy atom. The lowest BCUT2D eigenvalue weighted by Gasteiger charge is -2.11. The molecule has 1 aromatic heterocycles. The fraction of sp³-hybridized carbons (Fsp3) is 0.0800. The first kappa shape index (κ1) is 22.6. The van der Waals surface area contributed by atoms with E-state index in [1.807, 2.05) is 41.8 Å². The predicted octanol–water partition coefficient (Wildman–Crippen LogP) is 5.71. The zero-order valence-corrected chi connectivity index (χ0v) is 19.2. The third-order valence-corrected chi connectivity index (χ3v) is 6.25. The van der Waals surface area contributed by atoms with Crippen LogP contribution in [0.25, 0.3) is 0 Å². The highest BCUT2D eigenvalue weighted by Gasteiger charge is 2.13. The number of para-hydroxylation sites is 1. The molecule has 0 unspecified atom stereocenters. The molecule has 1 heterocycles. The molecule has 33 heavy (non-hydrogen) atoms. The normalized spacial score (nSPS) is 10.4. The number of anilines is 2. The fourth-order valence-corrected chi connectivity index (χ4v) is 4.59. The summed E-state index contributed by atoms with van der Waals surface area (Å²) >= 11 is 3.13. The molecular weight excluding hydrogens is 454 g/mol. The van der Waals surface area contributed by atoms with Gasteiger partial charge in [-0.1, -0.05) is 36.4 Å². The molecule has 0 spiro atoms. The number of ether oxygens (including phenoxy) is 1. The summed E-state index contributed by atoms with van der Waals surface area (Å²) in [6.45, 7) is -0.137. The topological polar surface area (TPSA) is 80.3 Å². The van der Waals surface area contributed by atoms with Crippen LogP contribution in [0.15, 0.2) is 94.6 Å². The van der Waals surface area contributed by atoms with Gasteiger partial charge >= 0.3 is 0 Å². The van der Waals surface area contributed by atoms with Gasteiger partial charge in [-0.25, -0.2) is 4.98 Å². The highest BCUT2D eigenvalue weighted by atomic mass is 32.2. The number of aromatic nitrogens is 1. The van der Waals surface area contributed by atoms with Crippen LogP contribution in [0.3, 0.4) is 0 Å². The molecule has 0 fully saturated rings. The van der Waals surface area contributed by atoms with Crippen molar-refractivity contribution in [2.45, 2.75) is 10.6 Å². The summed E-state index contributed by atoms with van der Waals surface area (Å²) in [5.74, 6) is 0.710. The second-order valence-corrected chi connectivity index (χ2v) is 8.69. The van der Waals surface area contributed by atoms with E-state index < -0.39 is 0 Å². The highest BCUT2D eigenvalue weighted by molar-refractivity contribution is 7.98. The van der Waals surface area contributed by atoms with Crippen LogP contribution >= 0.6 is 23.1 Å². The maximum absolute atomic E-state index is 12.9. The van der Waals surface area contributed by atoms with Crippen LogP contribution in [0.5, 0.6) is 5.75 Å². The molecule has 0 atom stereocenters. The molecule has 6 nitrogen and oxygen atoms in total. The van der Waals surface area contributed by atoms with Gasteiger partial charge in [0.25, 0.3) is 11.8 Å². The van der Waals surface area contributed by atoms with E-state index in [1.165, 1.54) is 0 Å². The van der Waals surface area contributed by atoms with Crippen LogP contribution < -0.4 is 15.4 Å². The second-order valence-electron chi connectivity index (χ2n) is 6.95. The standard InChI is InChI=1S/C25H21N3O3S2/c29-24(27-18-7-2-1-3-8-18)14-31-21-10-6-9-19(13-21)28-25(30)22-11-4-5-12-23(22)33-16-20-15-32-17-26-20/h1-13,15,17H,14,16H2,(H,27,29)(H,28,30). The number of carbonyl (C=O) groups excluding carboxylic acids is 2. The Hall–Kier alpha value is -3.62. The summed E-state index contributed by atoms with van der Waals surface area (Å²) in [6, 6.07) is 23.6. The van der Waals surface area contributed by atoms with E-state index in [0.29, 0.717) is 28.4 Å². The Labute approximate surface area is 200 Å². The number of thiazole rings is 1. The van der Waals surface area contributed by atoms with Crippen molar-refractivity contribution in [3.05, 3.63) is 101 Å². The number of hydrogen-bond donors (Lipinski definition) is 2. The van der Waals surface area contributed by atoms with E-state index in [1.54, 1.807) is 71.1 Å². The van der Waals surface area contributed by atoms with Crippen LogP contribution in [0.4, 0.5) is 11.4 Å². The van der Waals surface area contributed by atoms with E-state index in [2.05, 4.69) is 15.6 Å². The SMILES string of the molecule is O=C(COc1cccc(NC(=O)c2ccccc2SCc2cscn2)c1)Nc1ccccc1. The van der Waals surface area contributed by atoms with Crippen LogP contribution in [-0.2, 0) is 10.5 Å². The average molecular weight is 476 g/mol. The Bertz CT molecular complexity index is 1210. The maximum Gasteiger partial charge on any atom is 0.262 e. The number of thioether (sulfide) groups is 1. The molecule has 2 N–H and O–H groups in total. The average Bonchev–Trinajstić information content (AvgIpc) is 3.36. The van der Waals surface area contributed by atoms with Crippen molar-refractivity contribution >= 4 is 46.3 Å². The van der Waals surface area contributed by atoms with Gasteiger partial charge in [0.2, 0.25) is 0 Å². The first-order chi connectivity index (χ1) is 16.2. The van der Waals surface area contributed by atoms with E-state index in [4.69, 9.17) is 4.74 Å². The smallest absolute Gasteiger partial charge is 0.262 e. The Kier molecular flexibility index (Phi) is 7.73. The first-order valence-corrected chi connectivity index (χ1v) is 12.1. The van der Waals surface area contributed by atoms with E-state index in [9.17, 15) is 9.59 Å². The first-order valence-electron chi connectivity index (χ1n) is 10.2. The molecule has 0 saturated carbocycles. The summed E-state index contributed by atoms with van der Waals surface area (Å²) in [7, 11) is 0. The number of rotatable bonds is 9. The van der Waals surface area contributed by atoms with Crippen molar-refractivity contribution in [2.24, 2.45) is 0 Å². The van der Waals surface area contributed by atoms with Crippen LogP contribution in [-0.4, -0.2) is 23.4 Å². The van der Waals surface area contributed by atoms with Gasteiger partial charge in [0.1, 0.15) is 5.75 Å². The van der Waals surface area contributed by atoms with E-state index in [0.717, 1.165) is 10.6 Å². The van der Waals surface area contributed by atoms with Crippen LogP contribution in [0, 0.1) is 0 Å². The van der Waals surface area contributed by atoms with Crippen molar-refractivity contribution in [3.63, 3.8) is 0 Å². The molecule has 8 heteroatoms. The molecular formula is C25H21N3O3S2. The second kappa shape index (κ2) is 11.3. The number of benzene rings is 3. The van der Waals surface area contributed by atoms with Crippen LogP contribution in [0.2, 0.25) is 0 Å². The Balaban J connectivity index is 1.35. The van der Waals surface area contributed by atoms with Crippen molar-refractivity contribution in [1.82, 2.24) is 4.98 Å². The predicted molar refractivity (Wildman–Crippen MR) is 133 cm³/mol. The molecule has 0 saturated heterocycles. The van der Waals surface area contributed by atoms with Crippen molar-refractivity contribution in [2.75, 3.05) is 17.2 Å². The zero-order valence-electron chi connectivity index (χ0n) is 17.6. The third kappa shape index (κ3) is 6.68. The minimum Gasteiger partial charge on any atom is -0.484 e. The van der Waals surface area contributed by atoms with Crippen LogP contribution in [0.1, 0.15) is 16.1 Å². The van der Waals surface area contributed by atoms with Crippen molar-refractivity contribution in [1.29, 1.82) is 0 Å². The van der Waals surface area contributed by atoms with Gasteiger partial charge in [-0.2, -0.15) is 0 Å². The molecule has 0 radical (unpaired) electrons. The number of amides is 2. The lowest BCUT2D eigenvalue weighted by molar-refractivity contribution is -0.118. The molecule has 0 bridgehead atoms. The number of nitrogens with one attached hydrogen (secondary N) is 2. The minimum absolute atomic E-state index is 0.137. The molecule has 2 amide bonds. The van der Waals surface area contributed by atoms with Crippen molar-refractivity contribution in [3.8, 4) is 5.75 Å². The van der Waals surface area contributed by atoms with E-state index >= 15 is 0 Å². The molecule has 4 rings (SSSR count). The minimum atomic E-state index is -0.262. The fourth-order valence-electron chi connectivity index (χ4n) is 2.97. The Morgan fingerprint density at radius 3 is 2.52 bits per heavy atom. The number of carbonyl (C=O) groups is 2. The van der Waals surface area contributed by atoms with Gasteiger partial charge in [-0.05, 0) is 36.4 Å². The molecule has 3 aromatic carbocycles. The van der Waals surface area contributed by atoms with Gasteiger partial charge < -0.3 is 15.4 Å². The lowest BCUT2D eigenvalue weighted by Crippen LogP contribution is -2.20.